The van der Waals surface area contributed by atoms with E-state index in [9.17, 15) is 19.8 Å². The second-order valence-electron chi connectivity index (χ2n) is 7.76. The maximum Gasteiger partial charge on any atom is 0.326 e. The molecule has 7 nitrogen and oxygen atoms in total. The number of carbonyl (C=O) groups is 2. The number of amides is 1. The highest BCUT2D eigenvalue weighted by atomic mass is 16.5. The van der Waals surface area contributed by atoms with Gasteiger partial charge in [-0.25, -0.2) is 4.79 Å². The normalized spacial score (nSPS) is 11.5. The molecule has 5 N–H and O–H groups in total. The van der Waals surface area contributed by atoms with Crippen molar-refractivity contribution in [3.63, 3.8) is 0 Å². The molecule has 0 aliphatic heterocycles. The first kappa shape index (κ1) is 23.7. The van der Waals surface area contributed by atoms with Crippen LogP contribution in [-0.2, 0) is 17.6 Å². The maximum atomic E-state index is 12.7. The summed E-state index contributed by atoms with van der Waals surface area (Å²) in [4.78, 5) is 24.3. The summed E-state index contributed by atoms with van der Waals surface area (Å²) in [6.07, 6.45) is 2.30. The molecule has 0 heterocycles. The zero-order valence-corrected chi connectivity index (χ0v) is 18.2. The molecule has 33 heavy (non-hydrogen) atoms. The van der Waals surface area contributed by atoms with Crippen LogP contribution in [0.2, 0.25) is 0 Å². The zero-order valence-electron chi connectivity index (χ0n) is 18.2. The van der Waals surface area contributed by atoms with E-state index in [-0.39, 0.29) is 17.7 Å². The molecule has 1 unspecified atom stereocenters. The van der Waals surface area contributed by atoms with E-state index in [2.05, 4.69) is 5.32 Å². The summed E-state index contributed by atoms with van der Waals surface area (Å²) in [6.45, 7) is 0.394. The maximum absolute atomic E-state index is 12.7. The number of carboxylic acid groups (broad SMARTS) is 1. The first-order chi connectivity index (χ1) is 15.9. The SMILES string of the molecule is Nc1ccc(C(=O)NC(CCc2ccccc2)C(=O)O)cc1OCCCc1ccc(O)cc1. The molecule has 3 aromatic carbocycles. The number of benzene rings is 3. The monoisotopic (exact) mass is 448 g/mol. The highest BCUT2D eigenvalue weighted by Crippen LogP contribution is 2.23. The van der Waals surface area contributed by atoms with Crippen molar-refractivity contribution in [1.29, 1.82) is 0 Å². The van der Waals surface area contributed by atoms with E-state index in [4.69, 9.17) is 10.5 Å². The summed E-state index contributed by atoms with van der Waals surface area (Å²) in [5.41, 5.74) is 8.75. The molecule has 172 valence electrons. The molecule has 0 fully saturated rings. The summed E-state index contributed by atoms with van der Waals surface area (Å²) in [6, 6.07) is 20.2. The molecule has 0 aliphatic rings. The van der Waals surface area contributed by atoms with Crippen molar-refractivity contribution in [3.8, 4) is 11.5 Å². The molecular weight excluding hydrogens is 420 g/mol. The lowest BCUT2D eigenvalue weighted by atomic mass is 10.0. The van der Waals surface area contributed by atoms with Gasteiger partial charge in [-0.05, 0) is 67.1 Å². The number of carbonyl (C=O) groups excluding carboxylic acids is 1. The van der Waals surface area contributed by atoms with Gasteiger partial charge in [0, 0.05) is 5.56 Å². The molecule has 0 spiro atoms. The number of aromatic hydroxyl groups is 1. The van der Waals surface area contributed by atoms with E-state index < -0.39 is 17.9 Å². The van der Waals surface area contributed by atoms with Gasteiger partial charge in [0.15, 0.2) is 0 Å². The fraction of sp³-hybridized carbons (Fsp3) is 0.231. The number of aliphatic carboxylic acids is 1. The fourth-order valence-electron chi connectivity index (χ4n) is 3.38. The van der Waals surface area contributed by atoms with E-state index in [0.29, 0.717) is 24.5 Å². The summed E-state index contributed by atoms with van der Waals surface area (Å²) in [5.74, 6) is -0.975. The van der Waals surface area contributed by atoms with Crippen molar-refractivity contribution < 1.29 is 24.5 Å². The van der Waals surface area contributed by atoms with Crippen molar-refractivity contribution in [3.05, 3.63) is 89.5 Å². The lowest BCUT2D eigenvalue weighted by Gasteiger charge is -2.16. The van der Waals surface area contributed by atoms with Crippen molar-refractivity contribution in [2.24, 2.45) is 0 Å². The van der Waals surface area contributed by atoms with Gasteiger partial charge in [0.25, 0.3) is 5.91 Å². The Morgan fingerprint density at radius 3 is 2.33 bits per heavy atom. The van der Waals surface area contributed by atoms with Gasteiger partial charge in [-0.15, -0.1) is 0 Å². The summed E-state index contributed by atoms with van der Waals surface area (Å²) < 4.78 is 5.76. The Morgan fingerprint density at radius 1 is 0.939 bits per heavy atom. The second-order valence-corrected chi connectivity index (χ2v) is 7.76. The number of nitrogens with one attached hydrogen (secondary N) is 1. The number of aryl methyl sites for hydroxylation is 2. The zero-order chi connectivity index (χ0) is 23.6. The van der Waals surface area contributed by atoms with Crippen LogP contribution in [0.15, 0.2) is 72.8 Å². The predicted octanol–water partition coefficient (Wildman–Crippen LogP) is 3.80. The number of nitrogen functional groups attached to an aromatic ring is 1. The van der Waals surface area contributed by atoms with Crippen LogP contribution in [0, 0.1) is 0 Å². The third-order valence-corrected chi connectivity index (χ3v) is 5.25. The van der Waals surface area contributed by atoms with Gasteiger partial charge in [-0.3, -0.25) is 4.79 Å². The number of rotatable bonds is 11. The van der Waals surface area contributed by atoms with Gasteiger partial charge < -0.3 is 26.0 Å². The lowest BCUT2D eigenvalue weighted by molar-refractivity contribution is -0.139. The van der Waals surface area contributed by atoms with Crippen molar-refractivity contribution >= 4 is 17.6 Å². The van der Waals surface area contributed by atoms with E-state index in [1.165, 1.54) is 6.07 Å². The van der Waals surface area contributed by atoms with Crippen molar-refractivity contribution in [2.75, 3.05) is 12.3 Å². The smallest absolute Gasteiger partial charge is 0.326 e. The Bertz CT molecular complexity index is 1070. The topological polar surface area (TPSA) is 122 Å². The van der Waals surface area contributed by atoms with E-state index >= 15 is 0 Å². The first-order valence-electron chi connectivity index (χ1n) is 10.8. The third kappa shape index (κ3) is 7.28. The molecule has 0 saturated heterocycles. The Balaban J connectivity index is 1.55. The van der Waals surface area contributed by atoms with Gasteiger partial charge in [-0.2, -0.15) is 0 Å². The first-order valence-corrected chi connectivity index (χ1v) is 10.8. The number of anilines is 1. The predicted molar refractivity (Wildman–Crippen MR) is 126 cm³/mol. The molecule has 1 atom stereocenters. The van der Waals surface area contributed by atoms with Crippen LogP contribution in [0.4, 0.5) is 5.69 Å². The lowest BCUT2D eigenvalue weighted by Crippen LogP contribution is -2.41. The van der Waals surface area contributed by atoms with Gasteiger partial charge in [0.1, 0.15) is 17.5 Å². The van der Waals surface area contributed by atoms with Crippen LogP contribution >= 0.6 is 0 Å². The Morgan fingerprint density at radius 2 is 1.64 bits per heavy atom. The molecule has 0 aliphatic carbocycles. The van der Waals surface area contributed by atoms with Gasteiger partial charge in [0.2, 0.25) is 0 Å². The Kier molecular flexibility index (Phi) is 8.30. The highest BCUT2D eigenvalue weighted by molar-refractivity contribution is 5.97. The van der Waals surface area contributed by atoms with Crippen LogP contribution in [-0.4, -0.2) is 34.7 Å². The minimum absolute atomic E-state index is 0.225. The Labute approximate surface area is 192 Å². The minimum Gasteiger partial charge on any atom is -0.508 e. The average Bonchev–Trinajstić information content (AvgIpc) is 2.82. The number of carboxylic acids is 1. The standard InChI is InChI=1S/C26H28N2O5/c27-22-14-11-20(17-24(22)33-16-4-7-19-8-12-21(29)13-9-19)25(30)28-23(26(31)32)15-10-18-5-2-1-3-6-18/h1-3,5-6,8-9,11-14,17,23,29H,4,7,10,15-16,27H2,(H,28,30)(H,31,32). The van der Waals surface area contributed by atoms with Crippen LogP contribution in [0.3, 0.4) is 0 Å². The van der Waals surface area contributed by atoms with E-state index in [1.807, 2.05) is 42.5 Å². The molecule has 3 aromatic rings. The molecule has 0 saturated carbocycles. The summed E-state index contributed by atoms with van der Waals surface area (Å²) >= 11 is 0. The van der Waals surface area contributed by atoms with Crippen molar-refractivity contribution in [1.82, 2.24) is 5.32 Å². The number of phenols is 1. The highest BCUT2D eigenvalue weighted by Gasteiger charge is 2.21. The van der Waals surface area contributed by atoms with E-state index in [0.717, 1.165) is 24.0 Å². The molecule has 0 aromatic heterocycles. The van der Waals surface area contributed by atoms with Crippen molar-refractivity contribution in [2.45, 2.75) is 31.7 Å². The molecule has 0 bridgehead atoms. The van der Waals surface area contributed by atoms with Gasteiger partial charge in [0.05, 0.1) is 12.3 Å². The minimum atomic E-state index is -1.08. The molecule has 3 rings (SSSR count). The molecule has 0 radical (unpaired) electrons. The number of phenolic OH excluding ortho intramolecular Hbond substituents is 1. The number of nitrogens with two attached hydrogens (primary N) is 1. The van der Waals surface area contributed by atoms with E-state index in [1.54, 1.807) is 24.3 Å². The van der Waals surface area contributed by atoms with Crippen LogP contribution in [0.5, 0.6) is 11.5 Å². The van der Waals surface area contributed by atoms with Crippen LogP contribution in [0.25, 0.3) is 0 Å². The quantitative estimate of drug-likeness (QED) is 0.261. The molecule has 7 heteroatoms. The summed E-state index contributed by atoms with van der Waals surface area (Å²) in [7, 11) is 0. The molecule has 1 amide bonds. The molecular formula is C26H28N2O5. The number of ether oxygens (including phenoxy) is 1. The largest absolute Gasteiger partial charge is 0.508 e. The number of hydrogen-bond donors (Lipinski definition) is 4. The van der Waals surface area contributed by atoms with Crippen LogP contribution < -0.4 is 15.8 Å². The van der Waals surface area contributed by atoms with Gasteiger partial charge in [-0.1, -0.05) is 42.5 Å². The summed E-state index contributed by atoms with van der Waals surface area (Å²) in [5, 5.41) is 21.5. The Hall–Kier alpha value is -4.00. The second kappa shape index (κ2) is 11.6. The third-order valence-electron chi connectivity index (χ3n) is 5.25. The number of hydrogen-bond acceptors (Lipinski definition) is 5. The average molecular weight is 449 g/mol. The van der Waals surface area contributed by atoms with Crippen LogP contribution in [0.1, 0.15) is 34.3 Å². The van der Waals surface area contributed by atoms with Gasteiger partial charge >= 0.3 is 5.97 Å². The fourth-order valence-corrected chi connectivity index (χ4v) is 3.38.